The van der Waals surface area contributed by atoms with E-state index in [0.29, 0.717) is 50.6 Å². The number of methoxy groups -OCH3 is 2. The number of hydrogen-bond donors (Lipinski definition) is 1. The maximum Gasteiger partial charge on any atom is 0.264 e. The van der Waals surface area contributed by atoms with E-state index in [2.05, 4.69) is 11.0 Å². The Balaban J connectivity index is 1.83. The van der Waals surface area contributed by atoms with Gasteiger partial charge in [0.05, 0.1) is 25.4 Å². The van der Waals surface area contributed by atoms with Gasteiger partial charge in [0.2, 0.25) is 0 Å². The van der Waals surface area contributed by atoms with E-state index < -0.39 is 0 Å². The number of aromatic hydroxyl groups is 1. The Morgan fingerprint density at radius 1 is 1.00 bits per heavy atom. The summed E-state index contributed by atoms with van der Waals surface area (Å²) in [6, 6.07) is 16.7. The first-order chi connectivity index (χ1) is 18.0. The number of nitrogens with zero attached hydrogens (tertiary/aromatic N) is 4. The Labute approximate surface area is 214 Å². The number of hydrogen-bond acceptors (Lipinski definition) is 7. The normalized spacial score (nSPS) is 13.4. The Morgan fingerprint density at radius 2 is 1.73 bits per heavy atom. The number of nitriles is 1. The molecule has 0 radical (unpaired) electrons. The second kappa shape index (κ2) is 9.86. The van der Waals surface area contributed by atoms with Gasteiger partial charge in [-0.1, -0.05) is 18.2 Å². The number of benzene rings is 2. The fourth-order valence-corrected chi connectivity index (χ4v) is 5.05. The number of ether oxygens (including phenoxy) is 2. The van der Waals surface area contributed by atoms with Crippen LogP contribution in [0.25, 0.3) is 33.3 Å². The molecule has 37 heavy (non-hydrogen) atoms. The minimum atomic E-state index is -0.365. The molecule has 8 nitrogen and oxygen atoms in total. The summed E-state index contributed by atoms with van der Waals surface area (Å²) in [6.07, 6.45) is 3.10. The molecule has 4 aromatic rings. The van der Waals surface area contributed by atoms with Gasteiger partial charge in [-0.05, 0) is 55.2 Å². The number of fused-ring (bicyclic) bond motifs is 1. The predicted octanol–water partition coefficient (Wildman–Crippen LogP) is 4.85. The van der Waals surface area contributed by atoms with Gasteiger partial charge in [-0.2, -0.15) is 5.26 Å². The minimum Gasteiger partial charge on any atom is -0.506 e. The molecule has 0 unspecified atom stereocenters. The Bertz CT molecular complexity index is 1600. The van der Waals surface area contributed by atoms with Gasteiger partial charge < -0.3 is 24.0 Å². The number of para-hydroxylation sites is 1. The minimum absolute atomic E-state index is 0.102. The van der Waals surface area contributed by atoms with Gasteiger partial charge in [0, 0.05) is 31.1 Å². The molecule has 3 heterocycles. The van der Waals surface area contributed by atoms with Crippen molar-refractivity contribution in [3.05, 3.63) is 64.4 Å². The van der Waals surface area contributed by atoms with Gasteiger partial charge in [0.25, 0.3) is 5.56 Å². The molecule has 188 valence electrons. The zero-order chi connectivity index (χ0) is 26.1. The molecule has 1 fully saturated rings. The van der Waals surface area contributed by atoms with Crippen molar-refractivity contribution in [2.24, 2.45) is 7.05 Å². The van der Waals surface area contributed by atoms with Crippen LogP contribution in [0.3, 0.4) is 0 Å². The highest BCUT2D eigenvalue weighted by Gasteiger charge is 2.25. The molecule has 0 saturated carbocycles. The van der Waals surface area contributed by atoms with E-state index in [9.17, 15) is 15.2 Å². The van der Waals surface area contributed by atoms with Crippen LogP contribution < -0.4 is 19.9 Å². The molecule has 0 aliphatic carbocycles. The van der Waals surface area contributed by atoms with Crippen LogP contribution in [0.15, 0.2) is 53.3 Å². The molecule has 5 rings (SSSR count). The van der Waals surface area contributed by atoms with E-state index >= 15 is 0 Å². The second-order valence-corrected chi connectivity index (χ2v) is 9.09. The smallest absolute Gasteiger partial charge is 0.264 e. The van der Waals surface area contributed by atoms with E-state index in [-0.39, 0.29) is 16.9 Å². The third kappa shape index (κ3) is 4.12. The molecule has 1 aliphatic rings. The molecule has 0 amide bonds. The molecule has 8 heteroatoms. The van der Waals surface area contributed by atoms with Gasteiger partial charge >= 0.3 is 0 Å². The molecule has 1 aliphatic heterocycles. The highest BCUT2D eigenvalue weighted by atomic mass is 16.5. The number of aromatic nitrogens is 2. The van der Waals surface area contributed by atoms with Crippen molar-refractivity contribution in [2.75, 3.05) is 32.2 Å². The first kappa shape index (κ1) is 24.2. The Hall–Kier alpha value is -4.51. The highest BCUT2D eigenvalue weighted by molar-refractivity contribution is 5.93. The lowest BCUT2D eigenvalue weighted by Gasteiger charge is -2.29. The first-order valence-corrected chi connectivity index (χ1v) is 12.2. The number of pyridine rings is 2. The summed E-state index contributed by atoms with van der Waals surface area (Å²) in [5.74, 6) is 1.47. The quantitative estimate of drug-likeness (QED) is 0.421. The summed E-state index contributed by atoms with van der Waals surface area (Å²) in [6.45, 7) is 1.52. The van der Waals surface area contributed by atoms with Crippen molar-refractivity contribution in [2.45, 2.75) is 19.3 Å². The zero-order valence-corrected chi connectivity index (χ0v) is 21.1. The van der Waals surface area contributed by atoms with Crippen molar-refractivity contribution in [3.8, 4) is 45.7 Å². The van der Waals surface area contributed by atoms with Gasteiger partial charge in [-0.15, -0.1) is 0 Å². The van der Waals surface area contributed by atoms with Crippen LogP contribution in [-0.2, 0) is 7.05 Å². The predicted molar refractivity (Wildman–Crippen MR) is 143 cm³/mol. The van der Waals surface area contributed by atoms with Crippen molar-refractivity contribution in [3.63, 3.8) is 0 Å². The number of aryl methyl sites for hydroxylation is 1. The van der Waals surface area contributed by atoms with E-state index in [1.54, 1.807) is 51.6 Å². The van der Waals surface area contributed by atoms with Crippen molar-refractivity contribution < 1.29 is 14.6 Å². The average molecular weight is 497 g/mol. The molecule has 0 atom stereocenters. The van der Waals surface area contributed by atoms with Gasteiger partial charge in [0.15, 0.2) is 11.5 Å². The summed E-state index contributed by atoms with van der Waals surface area (Å²) >= 11 is 0. The third-order valence-corrected chi connectivity index (χ3v) is 6.99. The van der Waals surface area contributed by atoms with Crippen molar-refractivity contribution >= 4 is 16.7 Å². The second-order valence-electron chi connectivity index (χ2n) is 9.09. The SMILES string of the molecule is COc1ccc(-c2cc(-c3c(O)c4ccccc4n(C)c3=O)nc(N3CCCCC3)c2C#N)cc1OC. The van der Waals surface area contributed by atoms with Gasteiger partial charge in [0.1, 0.15) is 28.8 Å². The van der Waals surface area contributed by atoms with Crippen LogP contribution >= 0.6 is 0 Å². The monoisotopic (exact) mass is 496 g/mol. The molecular formula is C29H28N4O4. The average Bonchev–Trinajstić information content (AvgIpc) is 2.95. The number of piperidine rings is 1. The molecule has 1 saturated heterocycles. The zero-order valence-electron chi connectivity index (χ0n) is 21.1. The summed E-state index contributed by atoms with van der Waals surface area (Å²) < 4.78 is 12.4. The summed E-state index contributed by atoms with van der Waals surface area (Å²) in [5, 5.41) is 22.1. The van der Waals surface area contributed by atoms with E-state index in [1.165, 1.54) is 4.57 Å². The molecule has 0 spiro atoms. The lowest BCUT2D eigenvalue weighted by Crippen LogP contribution is -2.31. The van der Waals surface area contributed by atoms with Gasteiger partial charge in [-0.25, -0.2) is 4.98 Å². The lowest BCUT2D eigenvalue weighted by atomic mass is 9.96. The van der Waals surface area contributed by atoms with Crippen molar-refractivity contribution in [1.82, 2.24) is 9.55 Å². The summed E-state index contributed by atoms with van der Waals surface area (Å²) in [5.41, 5.74) is 2.40. The maximum atomic E-state index is 13.5. The standard InChI is InChI=1S/C29H28N4O4/c1-32-23-10-6-5-9-19(23)27(34)26(29(32)35)22-16-20(18-11-12-24(36-2)25(15-18)37-3)21(17-30)28(31-22)33-13-7-4-8-14-33/h5-6,9-12,15-16,34H,4,7-8,13-14H2,1-3H3. The fourth-order valence-electron chi connectivity index (χ4n) is 5.05. The largest absolute Gasteiger partial charge is 0.506 e. The fraction of sp³-hybridized carbons (Fsp3) is 0.276. The topological polar surface area (TPSA) is 101 Å². The molecule has 2 aromatic carbocycles. The third-order valence-electron chi connectivity index (χ3n) is 6.99. The Morgan fingerprint density at radius 3 is 2.43 bits per heavy atom. The number of rotatable bonds is 5. The number of anilines is 1. The van der Waals surface area contributed by atoms with Gasteiger partial charge in [-0.3, -0.25) is 4.79 Å². The van der Waals surface area contributed by atoms with Crippen LogP contribution in [0.4, 0.5) is 5.82 Å². The van der Waals surface area contributed by atoms with Crippen LogP contribution in [0.1, 0.15) is 24.8 Å². The first-order valence-electron chi connectivity index (χ1n) is 12.2. The molecule has 1 N–H and O–H groups in total. The van der Waals surface area contributed by atoms with E-state index in [1.807, 2.05) is 18.2 Å². The van der Waals surface area contributed by atoms with Crippen molar-refractivity contribution in [1.29, 1.82) is 5.26 Å². The van der Waals surface area contributed by atoms with E-state index in [4.69, 9.17) is 14.5 Å². The van der Waals surface area contributed by atoms with Crippen LogP contribution in [0.5, 0.6) is 17.2 Å². The summed E-state index contributed by atoms with van der Waals surface area (Å²) in [4.78, 5) is 20.5. The Kier molecular flexibility index (Phi) is 6.45. The van der Waals surface area contributed by atoms with Crippen LogP contribution in [-0.4, -0.2) is 42.0 Å². The molecule has 2 aromatic heterocycles. The van der Waals surface area contributed by atoms with Crippen LogP contribution in [0, 0.1) is 11.3 Å². The van der Waals surface area contributed by atoms with E-state index in [0.717, 1.165) is 32.4 Å². The molecule has 0 bridgehead atoms. The highest BCUT2D eigenvalue weighted by Crippen LogP contribution is 2.40. The molecular weight excluding hydrogens is 468 g/mol. The van der Waals surface area contributed by atoms with Crippen LogP contribution in [0.2, 0.25) is 0 Å². The summed E-state index contributed by atoms with van der Waals surface area (Å²) in [7, 11) is 4.80. The lowest BCUT2D eigenvalue weighted by molar-refractivity contribution is 0.355. The maximum absolute atomic E-state index is 13.5.